The van der Waals surface area contributed by atoms with Crippen LogP contribution in [0, 0.1) is 0 Å². The second kappa shape index (κ2) is 4.94. The van der Waals surface area contributed by atoms with Crippen LogP contribution in [0.4, 0.5) is 4.39 Å². The van der Waals surface area contributed by atoms with Gasteiger partial charge in [-0.25, -0.2) is 0 Å². The van der Waals surface area contributed by atoms with Crippen molar-refractivity contribution >= 4 is 0 Å². The SMILES string of the molecule is FCCCCCn1cccc1. The summed E-state index contributed by atoms with van der Waals surface area (Å²) in [6.07, 6.45) is 6.86. The minimum Gasteiger partial charge on any atom is -0.354 e. The predicted octanol–water partition coefficient (Wildman–Crippen LogP) is 2.63. The smallest absolute Gasteiger partial charge is 0.0894 e. The van der Waals surface area contributed by atoms with Gasteiger partial charge in [0.15, 0.2) is 0 Å². The predicted molar refractivity (Wildman–Crippen MR) is 44.3 cm³/mol. The van der Waals surface area contributed by atoms with Gasteiger partial charge in [0.2, 0.25) is 0 Å². The van der Waals surface area contributed by atoms with E-state index < -0.39 is 0 Å². The number of hydrogen-bond donors (Lipinski definition) is 0. The first kappa shape index (κ1) is 8.31. The molecule has 0 aliphatic carbocycles. The zero-order valence-corrected chi connectivity index (χ0v) is 6.67. The Morgan fingerprint density at radius 2 is 1.73 bits per heavy atom. The number of unbranched alkanes of at least 4 members (excludes halogenated alkanes) is 2. The van der Waals surface area contributed by atoms with Crippen molar-refractivity contribution in [2.75, 3.05) is 6.67 Å². The quantitative estimate of drug-likeness (QED) is 0.576. The first-order valence-corrected chi connectivity index (χ1v) is 4.10. The maximum Gasteiger partial charge on any atom is 0.0894 e. The molecule has 0 N–H and O–H groups in total. The van der Waals surface area contributed by atoms with Gasteiger partial charge in [-0.2, -0.15) is 0 Å². The summed E-state index contributed by atoms with van der Waals surface area (Å²) in [5, 5.41) is 0. The lowest BCUT2D eigenvalue weighted by molar-refractivity contribution is 0.448. The molecule has 0 aromatic carbocycles. The van der Waals surface area contributed by atoms with Gasteiger partial charge in [0.25, 0.3) is 0 Å². The molecular formula is C9H14FN. The summed E-state index contributed by atoms with van der Waals surface area (Å²) in [7, 11) is 0. The molecule has 0 saturated carbocycles. The van der Waals surface area contributed by atoms with E-state index >= 15 is 0 Å². The molecule has 0 radical (unpaired) electrons. The number of aryl methyl sites for hydroxylation is 1. The Morgan fingerprint density at radius 3 is 2.36 bits per heavy atom. The first-order valence-electron chi connectivity index (χ1n) is 4.10. The lowest BCUT2D eigenvalue weighted by Gasteiger charge is -2.00. The van der Waals surface area contributed by atoms with E-state index in [4.69, 9.17) is 0 Å². The third-order valence-corrected chi connectivity index (χ3v) is 1.72. The summed E-state index contributed by atoms with van der Waals surface area (Å²) < 4.78 is 13.8. The average molecular weight is 155 g/mol. The van der Waals surface area contributed by atoms with Gasteiger partial charge < -0.3 is 4.57 Å². The summed E-state index contributed by atoms with van der Waals surface area (Å²) in [4.78, 5) is 0. The fourth-order valence-electron chi connectivity index (χ4n) is 1.08. The summed E-state index contributed by atoms with van der Waals surface area (Å²) in [5.41, 5.74) is 0. The van der Waals surface area contributed by atoms with Gasteiger partial charge in [0.05, 0.1) is 6.67 Å². The zero-order valence-electron chi connectivity index (χ0n) is 6.67. The number of alkyl halides is 1. The Bertz CT molecular complexity index is 170. The third kappa shape index (κ3) is 3.21. The molecule has 1 aromatic rings. The molecule has 0 fully saturated rings. The summed E-state index contributed by atoms with van der Waals surface area (Å²) in [6.45, 7) is 0.846. The van der Waals surface area contributed by atoms with Crippen LogP contribution in [0.5, 0.6) is 0 Å². The molecule has 0 atom stereocenters. The molecule has 11 heavy (non-hydrogen) atoms. The van der Waals surface area contributed by atoms with E-state index in [0.717, 1.165) is 19.4 Å². The summed E-state index contributed by atoms with van der Waals surface area (Å²) in [6, 6.07) is 4.02. The minimum atomic E-state index is -0.175. The Morgan fingerprint density at radius 1 is 1.00 bits per heavy atom. The molecule has 1 rings (SSSR count). The van der Waals surface area contributed by atoms with E-state index in [9.17, 15) is 4.39 Å². The van der Waals surface area contributed by atoms with Crippen molar-refractivity contribution < 1.29 is 4.39 Å². The topological polar surface area (TPSA) is 4.93 Å². The molecule has 1 aromatic heterocycles. The van der Waals surface area contributed by atoms with Crippen LogP contribution in [0.25, 0.3) is 0 Å². The number of halogens is 1. The van der Waals surface area contributed by atoms with Crippen LogP contribution in [0.15, 0.2) is 24.5 Å². The Labute approximate surface area is 66.8 Å². The number of aromatic nitrogens is 1. The van der Waals surface area contributed by atoms with Crippen LogP contribution in [0.2, 0.25) is 0 Å². The standard InChI is InChI=1S/C9H14FN/c10-6-2-1-3-7-11-8-4-5-9-11/h4-5,8-9H,1-3,6-7H2. The van der Waals surface area contributed by atoms with Crippen molar-refractivity contribution in [3.05, 3.63) is 24.5 Å². The Hall–Kier alpha value is -0.790. The monoisotopic (exact) mass is 155 g/mol. The van der Waals surface area contributed by atoms with Crippen molar-refractivity contribution in [1.29, 1.82) is 0 Å². The Kier molecular flexibility index (Phi) is 3.73. The van der Waals surface area contributed by atoms with Crippen LogP contribution >= 0.6 is 0 Å². The maximum absolute atomic E-state index is 11.7. The second-order valence-electron chi connectivity index (χ2n) is 2.67. The van der Waals surface area contributed by atoms with E-state index in [1.165, 1.54) is 0 Å². The normalized spacial score (nSPS) is 10.3. The summed E-state index contributed by atoms with van der Waals surface area (Å²) >= 11 is 0. The van der Waals surface area contributed by atoms with E-state index in [1.54, 1.807) is 0 Å². The molecular weight excluding hydrogens is 141 g/mol. The van der Waals surface area contributed by atoms with Crippen LogP contribution in [-0.4, -0.2) is 11.2 Å². The van der Waals surface area contributed by atoms with Crippen molar-refractivity contribution in [1.82, 2.24) is 4.57 Å². The zero-order chi connectivity index (χ0) is 7.94. The highest BCUT2D eigenvalue weighted by Crippen LogP contribution is 1.99. The number of rotatable bonds is 5. The molecule has 1 heterocycles. The van der Waals surface area contributed by atoms with Gasteiger partial charge in [-0.3, -0.25) is 4.39 Å². The Balaban J connectivity index is 2.04. The van der Waals surface area contributed by atoms with Gasteiger partial charge in [-0.05, 0) is 31.4 Å². The molecule has 0 bridgehead atoms. The molecule has 2 heteroatoms. The molecule has 62 valence electrons. The van der Waals surface area contributed by atoms with Gasteiger partial charge in [0.1, 0.15) is 0 Å². The van der Waals surface area contributed by atoms with Crippen molar-refractivity contribution in [3.63, 3.8) is 0 Å². The second-order valence-corrected chi connectivity index (χ2v) is 2.67. The molecule has 0 aliphatic rings. The van der Waals surface area contributed by atoms with Crippen LogP contribution in [0.3, 0.4) is 0 Å². The van der Waals surface area contributed by atoms with Crippen LogP contribution < -0.4 is 0 Å². The van der Waals surface area contributed by atoms with Crippen molar-refractivity contribution in [3.8, 4) is 0 Å². The van der Waals surface area contributed by atoms with Crippen LogP contribution in [-0.2, 0) is 6.54 Å². The molecule has 0 spiro atoms. The fraction of sp³-hybridized carbons (Fsp3) is 0.556. The molecule has 0 saturated heterocycles. The highest BCUT2D eigenvalue weighted by Gasteiger charge is 1.89. The highest BCUT2D eigenvalue weighted by molar-refractivity contribution is 4.89. The maximum atomic E-state index is 11.7. The van der Waals surface area contributed by atoms with Crippen molar-refractivity contribution in [2.45, 2.75) is 25.8 Å². The largest absolute Gasteiger partial charge is 0.354 e. The van der Waals surface area contributed by atoms with Gasteiger partial charge in [0, 0.05) is 18.9 Å². The fourth-order valence-corrected chi connectivity index (χ4v) is 1.08. The van der Waals surface area contributed by atoms with E-state index in [0.29, 0.717) is 6.42 Å². The summed E-state index contributed by atoms with van der Waals surface area (Å²) in [5.74, 6) is 0. The molecule has 0 amide bonds. The number of nitrogens with zero attached hydrogens (tertiary/aromatic N) is 1. The lowest BCUT2D eigenvalue weighted by atomic mass is 10.2. The highest BCUT2D eigenvalue weighted by atomic mass is 19.1. The first-order chi connectivity index (χ1) is 5.43. The average Bonchev–Trinajstić information content (AvgIpc) is 2.50. The number of hydrogen-bond acceptors (Lipinski definition) is 0. The van der Waals surface area contributed by atoms with Crippen LogP contribution in [0.1, 0.15) is 19.3 Å². The third-order valence-electron chi connectivity index (χ3n) is 1.72. The van der Waals surface area contributed by atoms with Gasteiger partial charge in [-0.15, -0.1) is 0 Å². The van der Waals surface area contributed by atoms with Gasteiger partial charge >= 0.3 is 0 Å². The van der Waals surface area contributed by atoms with Crippen molar-refractivity contribution in [2.24, 2.45) is 0 Å². The minimum absolute atomic E-state index is 0.175. The molecule has 0 aliphatic heterocycles. The lowest BCUT2D eigenvalue weighted by Crippen LogP contribution is -1.93. The molecule has 0 unspecified atom stereocenters. The molecule has 1 nitrogen and oxygen atoms in total. The van der Waals surface area contributed by atoms with E-state index in [2.05, 4.69) is 4.57 Å². The van der Waals surface area contributed by atoms with E-state index in [-0.39, 0.29) is 6.67 Å². The van der Waals surface area contributed by atoms with E-state index in [1.807, 2.05) is 24.5 Å². The van der Waals surface area contributed by atoms with Gasteiger partial charge in [-0.1, -0.05) is 0 Å².